The van der Waals surface area contributed by atoms with Crippen molar-refractivity contribution in [2.45, 2.75) is 48.5 Å². The van der Waals surface area contributed by atoms with Gasteiger partial charge in [0.15, 0.2) is 0 Å². The molecule has 0 N–H and O–H groups in total. The number of carbonyl (C=O) groups is 2. The Morgan fingerprint density at radius 2 is 2.08 bits per heavy atom. The normalized spacial score (nSPS) is 33.5. The molecule has 7 heteroatoms. The molecule has 1 aromatic carbocycles. The monoisotopic (exact) mass is 394 g/mol. The van der Waals surface area contributed by atoms with Crippen LogP contribution in [0.15, 0.2) is 30.3 Å². The minimum absolute atomic E-state index is 0.0945. The standard InChI is InChI=1S/C19H20Cl2N2O3/c1-2-26-17(25)19(21)15-10-14(8-9-18(15,20)12-22)23(16(19)24)11-13-6-4-3-5-7-13/h3-7,14-15H,2,8-11H2,1H3/t14-,15-,18+,19-/m0/s1. The Labute approximate surface area is 162 Å². The summed E-state index contributed by atoms with van der Waals surface area (Å²) in [7, 11) is 0. The van der Waals surface area contributed by atoms with Gasteiger partial charge in [-0.1, -0.05) is 41.9 Å². The fraction of sp³-hybridized carbons (Fsp3) is 0.526. The SMILES string of the molecule is CCOC(=O)[C@@]1(Cl)C(=O)N(Cc2ccccc2)[C@H]2CC[C@@](Cl)(C#N)[C@@H]1C2. The molecule has 1 saturated heterocycles. The third-order valence-corrected chi connectivity index (χ3v) is 6.46. The Morgan fingerprint density at radius 3 is 2.69 bits per heavy atom. The molecule has 1 aromatic rings. The lowest BCUT2D eigenvalue weighted by atomic mass is 9.66. The van der Waals surface area contributed by atoms with Gasteiger partial charge in [-0.2, -0.15) is 5.26 Å². The van der Waals surface area contributed by atoms with Crippen molar-refractivity contribution >= 4 is 35.1 Å². The van der Waals surface area contributed by atoms with Gasteiger partial charge < -0.3 is 9.64 Å². The number of likely N-dealkylation sites (tertiary alicyclic amines) is 1. The number of nitrogens with zero attached hydrogens (tertiary/aromatic N) is 2. The number of hydrogen-bond donors (Lipinski definition) is 0. The maximum atomic E-state index is 13.3. The number of hydrogen-bond acceptors (Lipinski definition) is 4. The molecule has 0 aromatic heterocycles. The summed E-state index contributed by atoms with van der Waals surface area (Å²) in [6.45, 7) is 2.10. The minimum Gasteiger partial charge on any atom is -0.464 e. The van der Waals surface area contributed by atoms with Crippen molar-refractivity contribution in [3.63, 3.8) is 0 Å². The van der Waals surface area contributed by atoms with Crippen molar-refractivity contribution in [1.82, 2.24) is 4.90 Å². The van der Waals surface area contributed by atoms with Gasteiger partial charge in [-0.25, -0.2) is 4.79 Å². The van der Waals surface area contributed by atoms with Crippen molar-refractivity contribution in [3.8, 4) is 6.07 Å². The van der Waals surface area contributed by atoms with E-state index >= 15 is 0 Å². The molecule has 1 heterocycles. The molecule has 2 bridgehead atoms. The Kier molecular flexibility index (Phi) is 5.18. The minimum atomic E-state index is -1.97. The van der Waals surface area contributed by atoms with Crippen LogP contribution >= 0.6 is 23.2 Å². The van der Waals surface area contributed by atoms with Crippen molar-refractivity contribution in [2.75, 3.05) is 6.61 Å². The maximum absolute atomic E-state index is 13.3. The number of fused-ring (bicyclic) bond motifs is 2. The van der Waals surface area contributed by atoms with Crippen molar-refractivity contribution < 1.29 is 14.3 Å². The topological polar surface area (TPSA) is 70.4 Å². The van der Waals surface area contributed by atoms with E-state index in [0.29, 0.717) is 25.8 Å². The van der Waals surface area contributed by atoms with Crippen molar-refractivity contribution in [3.05, 3.63) is 35.9 Å². The second-order valence-electron chi connectivity index (χ2n) is 6.81. The van der Waals surface area contributed by atoms with Crippen LogP contribution in [0.2, 0.25) is 0 Å². The van der Waals surface area contributed by atoms with Crippen LogP contribution in [0.5, 0.6) is 0 Å². The first kappa shape index (κ1) is 19.0. The smallest absolute Gasteiger partial charge is 0.337 e. The Hall–Kier alpha value is -1.77. The zero-order valence-electron chi connectivity index (χ0n) is 14.5. The number of rotatable bonds is 4. The predicted octanol–water partition coefficient (Wildman–Crippen LogP) is 3.24. The molecule has 2 fully saturated rings. The Morgan fingerprint density at radius 1 is 1.38 bits per heavy atom. The fourth-order valence-electron chi connectivity index (χ4n) is 3.99. The van der Waals surface area contributed by atoms with E-state index in [1.807, 2.05) is 30.3 Å². The molecular formula is C19H20Cl2N2O3. The largest absolute Gasteiger partial charge is 0.464 e. The van der Waals surface area contributed by atoms with Crippen LogP contribution in [0.25, 0.3) is 0 Å². The maximum Gasteiger partial charge on any atom is 0.337 e. The van der Waals surface area contributed by atoms with Gasteiger partial charge in [-0.15, -0.1) is 11.6 Å². The summed E-state index contributed by atoms with van der Waals surface area (Å²) in [6.07, 6.45) is 1.37. The van der Waals surface area contributed by atoms with Crippen LogP contribution < -0.4 is 0 Å². The van der Waals surface area contributed by atoms with Crippen LogP contribution in [-0.4, -0.2) is 39.2 Å². The summed E-state index contributed by atoms with van der Waals surface area (Å²) < 4.78 is 5.10. The number of amides is 1. The van der Waals surface area contributed by atoms with Gasteiger partial charge in [0.1, 0.15) is 4.87 Å². The van der Waals surface area contributed by atoms with Crippen LogP contribution in [0.3, 0.4) is 0 Å². The Balaban J connectivity index is 2.00. The molecule has 138 valence electrons. The molecule has 26 heavy (non-hydrogen) atoms. The van der Waals surface area contributed by atoms with E-state index in [2.05, 4.69) is 6.07 Å². The van der Waals surface area contributed by atoms with Crippen molar-refractivity contribution in [1.29, 1.82) is 5.26 Å². The van der Waals surface area contributed by atoms with Crippen molar-refractivity contribution in [2.24, 2.45) is 5.92 Å². The van der Waals surface area contributed by atoms with Gasteiger partial charge >= 0.3 is 5.97 Å². The molecule has 3 rings (SSSR count). The van der Waals surface area contributed by atoms with E-state index in [1.165, 1.54) is 0 Å². The summed E-state index contributed by atoms with van der Waals surface area (Å²) in [5.74, 6) is -2.14. The van der Waals surface area contributed by atoms with E-state index in [1.54, 1.807) is 11.8 Å². The highest BCUT2D eigenvalue weighted by Crippen LogP contribution is 2.53. The molecule has 1 amide bonds. The first-order chi connectivity index (χ1) is 12.4. The number of carbonyl (C=O) groups excluding carboxylic acids is 2. The van der Waals surface area contributed by atoms with E-state index in [-0.39, 0.29) is 12.6 Å². The van der Waals surface area contributed by atoms with Crippen LogP contribution in [-0.2, 0) is 20.9 Å². The number of benzene rings is 1. The first-order valence-corrected chi connectivity index (χ1v) is 9.43. The quantitative estimate of drug-likeness (QED) is 0.446. The highest BCUT2D eigenvalue weighted by molar-refractivity contribution is 6.46. The number of alkyl halides is 2. The number of ether oxygens (including phenoxy) is 1. The Bertz CT molecular complexity index is 751. The highest BCUT2D eigenvalue weighted by atomic mass is 35.5. The molecule has 1 aliphatic carbocycles. The van der Waals surface area contributed by atoms with E-state index in [9.17, 15) is 14.9 Å². The zero-order chi connectivity index (χ0) is 18.9. The van der Waals surface area contributed by atoms with Gasteiger partial charge in [0.2, 0.25) is 4.87 Å². The number of halogens is 2. The molecule has 0 unspecified atom stereocenters. The molecule has 0 radical (unpaired) electrons. The zero-order valence-corrected chi connectivity index (χ0v) is 16.0. The van der Waals surface area contributed by atoms with Gasteiger partial charge in [-0.3, -0.25) is 4.79 Å². The summed E-state index contributed by atoms with van der Waals surface area (Å²) >= 11 is 13.1. The van der Waals surface area contributed by atoms with Crippen LogP contribution in [0, 0.1) is 17.2 Å². The predicted molar refractivity (Wildman–Crippen MR) is 97.5 cm³/mol. The lowest BCUT2D eigenvalue weighted by Crippen LogP contribution is -2.68. The average molecular weight is 395 g/mol. The molecule has 2 aliphatic rings. The van der Waals surface area contributed by atoms with Gasteiger partial charge in [0.05, 0.1) is 12.7 Å². The van der Waals surface area contributed by atoms with Gasteiger partial charge in [-0.05, 0) is 31.7 Å². The molecule has 1 saturated carbocycles. The van der Waals surface area contributed by atoms with E-state index < -0.39 is 27.5 Å². The van der Waals surface area contributed by atoms with Crippen LogP contribution in [0.4, 0.5) is 0 Å². The highest BCUT2D eigenvalue weighted by Gasteiger charge is 2.66. The van der Waals surface area contributed by atoms with E-state index in [4.69, 9.17) is 27.9 Å². The molecule has 5 nitrogen and oxygen atoms in total. The second kappa shape index (κ2) is 7.09. The fourth-order valence-corrected chi connectivity index (χ4v) is 4.85. The van der Waals surface area contributed by atoms with E-state index in [0.717, 1.165) is 5.56 Å². The molecule has 0 spiro atoms. The van der Waals surface area contributed by atoms with Gasteiger partial charge in [0.25, 0.3) is 5.91 Å². The van der Waals surface area contributed by atoms with Gasteiger partial charge in [0, 0.05) is 18.5 Å². The molecule has 1 aliphatic heterocycles. The first-order valence-electron chi connectivity index (χ1n) is 8.68. The third-order valence-electron chi connectivity index (χ3n) is 5.35. The summed E-state index contributed by atoms with van der Waals surface area (Å²) in [4.78, 5) is 24.3. The summed E-state index contributed by atoms with van der Waals surface area (Å²) in [5.41, 5.74) is 0.949. The number of piperidine rings is 1. The average Bonchev–Trinajstić information content (AvgIpc) is 2.66. The van der Waals surface area contributed by atoms with Crippen LogP contribution in [0.1, 0.15) is 31.7 Å². The summed E-state index contributed by atoms with van der Waals surface area (Å²) in [6, 6.07) is 11.5. The lowest BCUT2D eigenvalue weighted by molar-refractivity contribution is -0.163. The number of esters is 1. The second-order valence-corrected chi connectivity index (χ2v) is 8.08. The molecular weight excluding hydrogens is 375 g/mol. The number of nitriles is 1. The summed E-state index contributed by atoms with van der Waals surface area (Å²) in [5, 5.41) is 9.58. The third kappa shape index (κ3) is 2.95. The lowest BCUT2D eigenvalue weighted by Gasteiger charge is -2.53. The molecule has 4 atom stereocenters.